The van der Waals surface area contributed by atoms with Crippen LogP contribution in [0, 0.1) is 0 Å². The molecule has 0 spiro atoms. The molecule has 3 aromatic heterocycles. The van der Waals surface area contributed by atoms with Crippen molar-refractivity contribution in [1.82, 2.24) is 29.8 Å². The summed E-state index contributed by atoms with van der Waals surface area (Å²) in [6, 6.07) is 15.4. The van der Waals surface area contributed by atoms with Gasteiger partial charge in [-0.1, -0.05) is 25.6 Å². The number of hydrogen-bond donors (Lipinski definition) is 8. The third-order valence-electron chi connectivity index (χ3n) is 12.9. The van der Waals surface area contributed by atoms with Crippen molar-refractivity contribution in [3.05, 3.63) is 122 Å². The predicted molar refractivity (Wildman–Crippen MR) is 256 cm³/mol. The molecule has 11 N–H and O–H groups in total. The topological polar surface area (TPSA) is 301 Å². The first-order valence-corrected chi connectivity index (χ1v) is 22.5. The van der Waals surface area contributed by atoms with Crippen molar-refractivity contribution in [2.45, 2.75) is 104 Å². The molecule has 3 aliphatic heterocycles. The minimum Gasteiger partial charge on any atom is -0.478 e. The lowest BCUT2D eigenvalue weighted by Crippen LogP contribution is -2.19. The summed E-state index contributed by atoms with van der Waals surface area (Å²) in [5.74, 6) is -0.199. The summed E-state index contributed by atoms with van der Waals surface area (Å²) in [6.07, 6.45) is 13.1. The maximum absolute atomic E-state index is 12.9. The molecular formula is C49H54N12O7. The Kier molecular flexibility index (Phi) is 13.2. The van der Waals surface area contributed by atoms with Gasteiger partial charge in [0.1, 0.15) is 17.5 Å². The number of aryl methyl sites for hydroxylation is 2. The summed E-state index contributed by atoms with van der Waals surface area (Å²) in [6.45, 7) is 0. The summed E-state index contributed by atoms with van der Waals surface area (Å²) in [5.41, 5.74) is 29.4. The monoisotopic (exact) mass is 922 g/mol. The number of nitrogens with one attached hydrogen (secondary N) is 4. The number of rotatable bonds is 3. The van der Waals surface area contributed by atoms with Crippen LogP contribution in [0.4, 0.5) is 34.5 Å². The van der Waals surface area contributed by atoms with Crippen LogP contribution in [0.5, 0.6) is 0 Å². The number of aromatic carboxylic acids is 1. The van der Waals surface area contributed by atoms with E-state index in [0.29, 0.717) is 51.2 Å². The van der Waals surface area contributed by atoms with Gasteiger partial charge in [0.2, 0.25) is 17.7 Å². The first-order chi connectivity index (χ1) is 32.4. The fourth-order valence-corrected chi connectivity index (χ4v) is 9.61. The molecule has 3 amide bonds. The molecule has 0 bridgehead atoms. The lowest BCUT2D eigenvalue weighted by Gasteiger charge is -2.13. The number of benzene rings is 3. The Bertz CT molecular complexity index is 3010. The molecule has 0 unspecified atom stereocenters. The van der Waals surface area contributed by atoms with E-state index in [1.54, 1.807) is 42.5 Å². The number of carboxylic acids is 1. The molecule has 3 aromatic carbocycles. The number of nitrogens with two attached hydrogens (primary N) is 3. The standard InChI is InChI=1S/2C16H16N4O2.C9H7NO3.C7H11N3.CH4/c17-15-10-4-1-2-7-13(10)20(19-15)16(22)9-5-3-6-12-11(9)8-14(21)18-12;17-15-10-4-1-2-6-13(10)19-20(15)16(22)9-5-3-7-12-11(9)8-14(21)18-12;11-8-4-6-5(9(12)13)2-1-3-7(6)10-8;8-7-5-3-1-2-4-6(5)9-10-7;/h3,5-6H,1-2,4,7-8H2,(H2,17,19)(H,18,21);3,5,7H,1-2,4,6,8,17H2,(H,18,21);1-3H,4H2,(H,10,11)(H,12,13);1-4H2,(H3,8,9,10);1H4. The van der Waals surface area contributed by atoms with Gasteiger partial charge < -0.3 is 38.3 Å². The number of anilines is 6. The smallest absolute Gasteiger partial charge is 0.336 e. The van der Waals surface area contributed by atoms with E-state index in [1.807, 2.05) is 6.07 Å². The fourth-order valence-electron chi connectivity index (χ4n) is 9.61. The molecule has 6 aliphatic rings. The van der Waals surface area contributed by atoms with Crippen LogP contribution in [-0.4, -0.2) is 70.4 Å². The van der Waals surface area contributed by atoms with E-state index >= 15 is 0 Å². The maximum atomic E-state index is 12.9. The number of carboxylic acid groups (broad SMARTS) is 1. The van der Waals surface area contributed by atoms with Gasteiger partial charge in [-0.05, 0) is 130 Å². The largest absolute Gasteiger partial charge is 0.478 e. The normalized spacial score (nSPS) is 15.5. The summed E-state index contributed by atoms with van der Waals surface area (Å²) in [5, 5.41) is 32.5. The highest BCUT2D eigenvalue weighted by atomic mass is 16.4. The molecule has 6 heterocycles. The van der Waals surface area contributed by atoms with Gasteiger partial charge in [-0.15, -0.1) is 5.10 Å². The summed E-state index contributed by atoms with van der Waals surface area (Å²) >= 11 is 0. The van der Waals surface area contributed by atoms with E-state index in [2.05, 4.69) is 36.3 Å². The van der Waals surface area contributed by atoms with Crippen molar-refractivity contribution in [2.24, 2.45) is 0 Å². The van der Waals surface area contributed by atoms with E-state index in [9.17, 15) is 28.8 Å². The van der Waals surface area contributed by atoms with Gasteiger partial charge >= 0.3 is 5.97 Å². The van der Waals surface area contributed by atoms with Gasteiger partial charge in [0, 0.05) is 50.6 Å². The number of carbonyl (C=O) groups excluding carboxylic acids is 5. The SMILES string of the molecule is C.Nc1c2c(nn1C(=O)c1cccc3c1CC(=O)N3)CCCC2.Nc1n[nH]c2c1CCCC2.Nc1nn(C(=O)c2cccc3c2CC(=O)N3)c2c1CCCC2.O=C1Cc2c(cccc2C(=O)O)N1. The van der Waals surface area contributed by atoms with Gasteiger partial charge in [-0.2, -0.15) is 19.6 Å². The number of nitrogens with zero attached hydrogens (tertiary/aromatic N) is 5. The molecular weight excluding hydrogens is 869 g/mol. The molecule has 19 heteroatoms. The van der Waals surface area contributed by atoms with Crippen LogP contribution < -0.4 is 33.2 Å². The summed E-state index contributed by atoms with van der Waals surface area (Å²) in [4.78, 5) is 70.6. The molecule has 12 rings (SSSR count). The molecule has 0 atom stereocenters. The van der Waals surface area contributed by atoms with Crippen LogP contribution in [0.15, 0.2) is 54.6 Å². The second-order valence-corrected chi connectivity index (χ2v) is 17.2. The van der Waals surface area contributed by atoms with Crippen LogP contribution in [0.3, 0.4) is 0 Å². The number of amides is 3. The lowest BCUT2D eigenvalue weighted by atomic mass is 9.97. The van der Waals surface area contributed by atoms with Crippen LogP contribution in [0.1, 0.15) is 127 Å². The highest BCUT2D eigenvalue weighted by Gasteiger charge is 2.30. The van der Waals surface area contributed by atoms with E-state index in [4.69, 9.17) is 22.3 Å². The maximum Gasteiger partial charge on any atom is 0.336 e. The third-order valence-corrected chi connectivity index (χ3v) is 12.9. The zero-order chi connectivity index (χ0) is 46.9. The second-order valence-electron chi connectivity index (χ2n) is 17.2. The van der Waals surface area contributed by atoms with Crippen molar-refractivity contribution in [3.8, 4) is 0 Å². The van der Waals surface area contributed by atoms with Crippen LogP contribution in [0.25, 0.3) is 0 Å². The zero-order valence-electron chi connectivity index (χ0n) is 36.7. The Hall–Kier alpha value is -8.09. The van der Waals surface area contributed by atoms with Crippen LogP contribution in [-0.2, 0) is 72.2 Å². The van der Waals surface area contributed by atoms with Crippen LogP contribution in [0.2, 0.25) is 0 Å². The molecule has 0 radical (unpaired) electrons. The van der Waals surface area contributed by atoms with Crippen molar-refractivity contribution in [1.29, 1.82) is 0 Å². The van der Waals surface area contributed by atoms with Gasteiger partial charge in [-0.25, -0.2) is 4.79 Å². The highest BCUT2D eigenvalue weighted by molar-refractivity contribution is 6.08. The fraction of sp³-hybridized carbons (Fsp3) is 0.327. The highest BCUT2D eigenvalue weighted by Crippen LogP contribution is 2.32. The van der Waals surface area contributed by atoms with Gasteiger partial charge in [0.05, 0.1) is 36.2 Å². The molecule has 68 heavy (non-hydrogen) atoms. The molecule has 3 aliphatic carbocycles. The lowest BCUT2D eigenvalue weighted by molar-refractivity contribution is -0.115. The van der Waals surface area contributed by atoms with Crippen LogP contribution >= 0.6 is 0 Å². The number of aromatic nitrogens is 6. The van der Waals surface area contributed by atoms with Crippen molar-refractivity contribution < 1.29 is 33.9 Å². The molecule has 0 saturated carbocycles. The van der Waals surface area contributed by atoms with Gasteiger partial charge in [0.15, 0.2) is 0 Å². The Morgan fingerprint density at radius 2 is 1.00 bits per heavy atom. The number of aromatic amines is 1. The average Bonchev–Trinajstić information content (AvgIpc) is 4.20. The Morgan fingerprint density at radius 1 is 0.529 bits per heavy atom. The Balaban J connectivity index is 0.000000128. The van der Waals surface area contributed by atoms with Gasteiger partial charge in [-0.3, -0.25) is 29.1 Å². The van der Waals surface area contributed by atoms with Crippen molar-refractivity contribution in [2.75, 3.05) is 33.2 Å². The quantitative estimate of drug-likeness (QED) is 0.110. The molecule has 352 valence electrons. The first-order valence-electron chi connectivity index (χ1n) is 22.5. The van der Waals surface area contributed by atoms with Crippen molar-refractivity contribution >= 4 is 70.0 Å². The van der Waals surface area contributed by atoms with E-state index in [-0.39, 0.29) is 61.8 Å². The van der Waals surface area contributed by atoms with E-state index in [0.717, 1.165) is 97.8 Å². The molecule has 0 fully saturated rings. The minimum absolute atomic E-state index is 0. The Labute approximate surface area is 391 Å². The van der Waals surface area contributed by atoms with Crippen molar-refractivity contribution in [3.63, 3.8) is 0 Å². The van der Waals surface area contributed by atoms with E-state index in [1.165, 1.54) is 39.5 Å². The van der Waals surface area contributed by atoms with Gasteiger partial charge in [0.25, 0.3) is 11.8 Å². The predicted octanol–water partition coefficient (Wildman–Crippen LogP) is 5.44. The number of hydrogen-bond acceptors (Lipinski definition) is 12. The number of H-pyrrole nitrogens is 1. The van der Waals surface area contributed by atoms with E-state index < -0.39 is 5.97 Å². The minimum atomic E-state index is -0.992. The number of carbonyl (C=O) groups is 6. The second kappa shape index (κ2) is 19.4. The molecule has 0 saturated heterocycles. The Morgan fingerprint density at radius 3 is 1.54 bits per heavy atom. The summed E-state index contributed by atoms with van der Waals surface area (Å²) in [7, 11) is 0. The number of fused-ring (bicyclic) bond motifs is 6. The molecule has 6 aromatic rings. The third kappa shape index (κ3) is 9.06. The summed E-state index contributed by atoms with van der Waals surface area (Å²) < 4.78 is 2.73. The zero-order valence-corrected chi connectivity index (χ0v) is 36.7. The average molecular weight is 923 g/mol. The number of nitrogen functional groups attached to an aromatic ring is 3. The first kappa shape index (κ1) is 46.4. The molecule has 19 nitrogen and oxygen atoms in total.